The highest BCUT2D eigenvalue weighted by Gasteiger charge is 2.41. The van der Waals surface area contributed by atoms with E-state index in [9.17, 15) is 24.0 Å². The van der Waals surface area contributed by atoms with Gasteiger partial charge >= 0.3 is 12.1 Å². The summed E-state index contributed by atoms with van der Waals surface area (Å²) in [7, 11) is 0. The van der Waals surface area contributed by atoms with Crippen LogP contribution in [0.1, 0.15) is 106 Å². The highest BCUT2D eigenvalue weighted by molar-refractivity contribution is 5.92. The normalized spacial score (nSPS) is 22.4. The first-order chi connectivity index (χ1) is 18.5. The lowest BCUT2D eigenvalue weighted by molar-refractivity contribution is -0.146. The summed E-state index contributed by atoms with van der Waals surface area (Å²) in [6.45, 7) is 12.4. The Kier molecular flexibility index (Phi) is 11.8. The third kappa shape index (κ3) is 11.0. The van der Waals surface area contributed by atoms with Crippen molar-refractivity contribution in [2.75, 3.05) is 0 Å². The Morgan fingerprint density at radius 1 is 0.975 bits per heavy atom. The summed E-state index contributed by atoms with van der Waals surface area (Å²) in [5.74, 6) is -1.74. The molecule has 0 bridgehead atoms. The zero-order valence-electron chi connectivity index (χ0n) is 25.3. The van der Waals surface area contributed by atoms with Crippen LogP contribution in [0, 0.1) is 17.3 Å². The number of nitrogens with one attached hydrogen (secondary N) is 3. The molecule has 0 aromatic carbocycles. The molecule has 5 N–H and O–H groups in total. The summed E-state index contributed by atoms with van der Waals surface area (Å²) in [5.41, 5.74) is 3.79. The zero-order valence-corrected chi connectivity index (χ0v) is 25.3. The van der Waals surface area contributed by atoms with Crippen molar-refractivity contribution < 1.29 is 33.4 Å². The maximum absolute atomic E-state index is 13.7. The number of nitrogens with two attached hydrogens (primary N) is 1. The number of cyclic esters (lactones) is 1. The molecule has 0 radical (unpaired) electrons. The smallest absolute Gasteiger partial charge is 0.408 e. The molecule has 4 amide bonds. The molecular formula is C29H50N4O7. The van der Waals surface area contributed by atoms with Crippen LogP contribution < -0.4 is 21.7 Å². The number of ether oxygens (including phenoxy) is 2. The minimum absolute atomic E-state index is 0.0564. The maximum Gasteiger partial charge on any atom is 0.408 e. The van der Waals surface area contributed by atoms with Crippen molar-refractivity contribution in [3.8, 4) is 0 Å². The van der Waals surface area contributed by atoms with Gasteiger partial charge in [0.2, 0.25) is 17.7 Å². The van der Waals surface area contributed by atoms with Crippen molar-refractivity contribution >= 4 is 29.8 Å². The second kappa shape index (κ2) is 14.2. The van der Waals surface area contributed by atoms with Gasteiger partial charge in [0.15, 0.2) is 0 Å². The van der Waals surface area contributed by atoms with E-state index in [0.717, 1.165) is 25.7 Å². The number of carbonyl (C=O) groups is 5. The lowest BCUT2D eigenvalue weighted by Gasteiger charge is -2.35. The van der Waals surface area contributed by atoms with E-state index in [1.54, 1.807) is 20.8 Å². The summed E-state index contributed by atoms with van der Waals surface area (Å²) in [5, 5.41) is 8.39. The largest absolute Gasteiger partial charge is 0.460 e. The van der Waals surface area contributed by atoms with Gasteiger partial charge in [-0.05, 0) is 51.4 Å². The van der Waals surface area contributed by atoms with Crippen LogP contribution >= 0.6 is 0 Å². The van der Waals surface area contributed by atoms with Crippen LogP contribution in [0.25, 0.3) is 0 Å². The van der Waals surface area contributed by atoms with Crippen LogP contribution in [0.2, 0.25) is 0 Å². The van der Waals surface area contributed by atoms with Crippen molar-refractivity contribution in [1.29, 1.82) is 0 Å². The number of rotatable bonds is 11. The third-order valence-electron chi connectivity index (χ3n) is 7.45. The average molecular weight is 567 g/mol. The van der Waals surface area contributed by atoms with Gasteiger partial charge in [0.05, 0.1) is 12.0 Å². The fourth-order valence-electron chi connectivity index (χ4n) is 5.28. The number of hydrogen-bond donors (Lipinski definition) is 4. The first kappa shape index (κ1) is 33.4. The van der Waals surface area contributed by atoms with Crippen LogP contribution in [0.5, 0.6) is 0 Å². The molecule has 2 fully saturated rings. The van der Waals surface area contributed by atoms with Crippen molar-refractivity contribution in [2.24, 2.45) is 23.0 Å². The second-order valence-electron chi connectivity index (χ2n) is 13.5. The molecule has 0 aromatic rings. The van der Waals surface area contributed by atoms with Gasteiger partial charge in [-0.1, -0.05) is 59.8 Å². The number of esters is 1. The fraction of sp³-hybridized carbons (Fsp3) is 0.828. The van der Waals surface area contributed by atoms with Crippen LogP contribution in [-0.2, 0) is 28.7 Å². The number of amides is 4. The third-order valence-corrected chi connectivity index (χ3v) is 7.45. The maximum atomic E-state index is 13.7. The van der Waals surface area contributed by atoms with Gasteiger partial charge < -0.3 is 31.2 Å². The van der Waals surface area contributed by atoms with Crippen LogP contribution in [0.4, 0.5) is 4.79 Å². The van der Waals surface area contributed by atoms with Gasteiger partial charge in [-0.25, -0.2) is 4.79 Å². The molecule has 0 unspecified atom stereocenters. The number of alkyl carbamates (subject to hydrolysis) is 1. The predicted molar refractivity (Wildman–Crippen MR) is 150 cm³/mol. The molecular weight excluding hydrogens is 516 g/mol. The summed E-state index contributed by atoms with van der Waals surface area (Å²) < 4.78 is 10.9. The quantitative estimate of drug-likeness (QED) is 0.279. The molecule has 1 saturated carbocycles. The van der Waals surface area contributed by atoms with Crippen LogP contribution in [0.3, 0.4) is 0 Å². The van der Waals surface area contributed by atoms with Gasteiger partial charge in [0.25, 0.3) is 0 Å². The van der Waals surface area contributed by atoms with Crippen LogP contribution in [-0.4, -0.2) is 59.6 Å². The monoisotopic (exact) mass is 566 g/mol. The highest BCUT2D eigenvalue weighted by atomic mass is 16.6. The first-order valence-electron chi connectivity index (χ1n) is 14.6. The van der Waals surface area contributed by atoms with Crippen molar-refractivity contribution in [3.63, 3.8) is 0 Å². The summed E-state index contributed by atoms with van der Waals surface area (Å²) in [6.07, 6.45) is 5.40. The number of carbonyl (C=O) groups excluding carboxylic acids is 5. The highest BCUT2D eigenvalue weighted by Crippen LogP contribution is 2.32. The molecule has 1 heterocycles. The van der Waals surface area contributed by atoms with E-state index >= 15 is 0 Å². The lowest BCUT2D eigenvalue weighted by Crippen LogP contribution is -2.60. The minimum Gasteiger partial charge on any atom is -0.460 e. The predicted octanol–water partition coefficient (Wildman–Crippen LogP) is 3.08. The van der Waals surface area contributed by atoms with Gasteiger partial charge in [-0.15, -0.1) is 0 Å². The zero-order chi connectivity index (χ0) is 30.3. The standard InChI is InChI=1S/C29H50N4O7/c1-17-15-21(39-26(17)37)20(16-18-11-9-8-10-12-18)31-25(36)23(28(2,3)4)33-24(35)19(13-14-22(30)34)32-27(38)40-29(5,6)7/h17-21,23H,8-16H2,1-7H3,(H2,30,34)(H,31,36)(H,32,38)(H,33,35)/t17-,19+,20+,21+,23-/m1/s1. The molecule has 1 aliphatic heterocycles. The molecule has 5 atom stereocenters. The Balaban J connectivity index is 2.21. The summed E-state index contributed by atoms with van der Waals surface area (Å²) in [4.78, 5) is 63.2. The SMILES string of the molecule is C[C@@H]1C[C@@H]([C@H](CC2CCCCC2)NC(=O)[C@@H](NC(=O)[C@H](CCC(N)=O)NC(=O)OC(C)(C)C)C(C)(C)C)OC1=O. The Labute approximate surface area is 238 Å². The molecule has 1 saturated heterocycles. The van der Waals surface area contributed by atoms with E-state index in [4.69, 9.17) is 15.2 Å². The lowest BCUT2D eigenvalue weighted by atomic mass is 9.82. The van der Waals surface area contributed by atoms with Gasteiger partial charge in [-0.2, -0.15) is 0 Å². The minimum atomic E-state index is -1.14. The van der Waals surface area contributed by atoms with E-state index < -0.39 is 53.0 Å². The van der Waals surface area contributed by atoms with E-state index in [-0.39, 0.29) is 30.8 Å². The molecule has 2 rings (SSSR count). The Morgan fingerprint density at radius 2 is 1.60 bits per heavy atom. The van der Waals surface area contributed by atoms with E-state index in [2.05, 4.69) is 16.0 Å². The van der Waals surface area contributed by atoms with Crippen molar-refractivity contribution in [1.82, 2.24) is 16.0 Å². The Hall–Kier alpha value is -2.85. The topological polar surface area (TPSA) is 166 Å². The molecule has 2 aliphatic rings. The average Bonchev–Trinajstić information content (AvgIpc) is 3.16. The fourth-order valence-corrected chi connectivity index (χ4v) is 5.28. The molecule has 0 spiro atoms. The van der Waals surface area contributed by atoms with Crippen molar-refractivity contribution in [3.05, 3.63) is 0 Å². The van der Waals surface area contributed by atoms with Gasteiger partial charge in [0.1, 0.15) is 23.8 Å². The Bertz CT molecular complexity index is 918. The Morgan fingerprint density at radius 3 is 2.10 bits per heavy atom. The van der Waals surface area contributed by atoms with E-state index in [0.29, 0.717) is 18.8 Å². The molecule has 0 aromatic heterocycles. The number of hydrogen-bond acceptors (Lipinski definition) is 7. The van der Waals surface area contributed by atoms with E-state index in [1.807, 2.05) is 27.7 Å². The second-order valence-corrected chi connectivity index (χ2v) is 13.5. The molecule has 11 heteroatoms. The molecule has 11 nitrogen and oxygen atoms in total. The number of primary amides is 1. The van der Waals surface area contributed by atoms with Crippen molar-refractivity contribution in [2.45, 2.75) is 136 Å². The summed E-state index contributed by atoms with van der Waals surface area (Å²) >= 11 is 0. The van der Waals surface area contributed by atoms with Gasteiger partial charge in [-0.3, -0.25) is 19.2 Å². The van der Waals surface area contributed by atoms with Crippen LogP contribution in [0.15, 0.2) is 0 Å². The first-order valence-corrected chi connectivity index (χ1v) is 14.6. The summed E-state index contributed by atoms with van der Waals surface area (Å²) in [6, 6.07) is -2.49. The van der Waals surface area contributed by atoms with E-state index in [1.165, 1.54) is 6.42 Å². The molecule has 228 valence electrons. The molecule has 1 aliphatic carbocycles. The molecule has 40 heavy (non-hydrogen) atoms. The van der Waals surface area contributed by atoms with Gasteiger partial charge in [0, 0.05) is 6.42 Å².